The lowest BCUT2D eigenvalue weighted by molar-refractivity contribution is 0.101. The van der Waals surface area contributed by atoms with Crippen LogP contribution in [0.15, 0.2) is 6.20 Å². The third kappa shape index (κ3) is 1.45. The lowest BCUT2D eigenvalue weighted by Gasteiger charge is -1.81. The Morgan fingerprint density at radius 2 is 2.50 bits per heavy atom. The number of nitrogens with zero attached hydrogens (tertiary/aromatic N) is 1. The van der Waals surface area contributed by atoms with Crippen molar-refractivity contribution >= 4 is 29.2 Å². The zero-order valence-corrected chi connectivity index (χ0v) is 6.73. The number of ketones is 1. The molecule has 0 aliphatic heterocycles. The van der Waals surface area contributed by atoms with Gasteiger partial charge < -0.3 is 0 Å². The Balaban J connectivity index is 2.88. The van der Waals surface area contributed by atoms with Gasteiger partial charge in [0.15, 0.2) is 18.1 Å². The zero-order chi connectivity index (χ0) is 7.56. The van der Waals surface area contributed by atoms with Crippen molar-refractivity contribution in [2.75, 3.05) is 0 Å². The van der Waals surface area contributed by atoms with Gasteiger partial charge in [0.1, 0.15) is 0 Å². The molecule has 10 heavy (non-hydrogen) atoms. The molecule has 0 aliphatic carbocycles. The van der Waals surface area contributed by atoms with Crippen LogP contribution >= 0.6 is 11.3 Å². The zero-order valence-electron chi connectivity index (χ0n) is 5.92. The highest BCUT2D eigenvalue weighted by atomic mass is 32.1. The van der Waals surface area contributed by atoms with Gasteiger partial charge in [-0.25, -0.2) is 4.98 Å². The molecule has 0 fully saturated rings. The van der Waals surface area contributed by atoms with E-state index in [2.05, 4.69) is 4.98 Å². The average molecular weight is 152 g/mol. The van der Waals surface area contributed by atoms with E-state index in [4.69, 9.17) is 0 Å². The molecule has 0 spiro atoms. The van der Waals surface area contributed by atoms with Crippen molar-refractivity contribution in [3.63, 3.8) is 0 Å². The van der Waals surface area contributed by atoms with E-state index in [1.54, 1.807) is 6.20 Å². The molecule has 0 bridgehead atoms. The van der Waals surface area contributed by atoms with Crippen LogP contribution in [-0.2, 0) is 0 Å². The van der Waals surface area contributed by atoms with Gasteiger partial charge in [-0.1, -0.05) is 6.82 Å². The molecule has 0 amide bonds. The van der Waals surface area contributed by atoms with Gasteiger partial charge in [-0.2, -0.15) is 0 Å². The van der Waals surface area contributed by atoms with Gasteiger partial charge >= 0.3 is 0 Å². The number of carbonyl (C=O) groups is 1. The van der Waals surface area contributed by atoms with Gasteiger partial charge in [0.25, 0.3) is 0 Å². The molecule has 0 aromatic carbocycles. The first-order valence-corrected chi connectivity index (χ1v) is 3.82. The topological polar surface area (TPSA) is 30.0 Å². The van der Waals surface area contributed by atoms with Gasteiger partial charge in [0.05, 0.1) is 0 Å². The van der Waals surface area contributed by atoms with Gasteiger partial charge in [-0.05, 0) is 4.78 Å². The smallest absolute Gasteiger partial charge is 0.188 e. The van der Waals surface area contributed by atoms with Crippen LogP contribution in [0.3, 0.4) is 0 Å². The minimum absolute atomic E-state index is 0.0399. The van der Waals surface area contributed by atoms with E-state index in [9.17, 15) is 4.79 Å². The monoisotopic (exact) mass is 152 g/mol. The number of rotatable bonds is 2. The average Bonchev–Trinajstić information content (AvgIpc) is 2.34. The molecule has 1 aromatic heterocycles. The molecule has 51 valence electrons. The Hall–Kier alpha value is -0.635. The summed E-state index contributed by atoms with van der Waals surface area (Å²) in [5.74, 6) is 0.0399. The Morgan fingerprint density at radius 1 is 1.80 bits per heavy atom. The van der Waals surface area contributed by atoms with Crippen LogP contribution in [0.25, 0.3) is 0 Å². The van der Waals surface area contributed by atoms with Gasteiger partial charge in [0, 0.05) is 13.1 Å². The van der Waals surface area contributed by atoms with E-state index in [-0.39, 0.29) is 5.78 Å². The van der Waals surface area contributed by atoms with Gasteiger partial charge in [-0.3, -0.25) is 4.79 Å². The fourth-order valence-corrected chi connectivity index (χ4v) is 1.28. The number of aromatic nitrogens is 1. The normalized spacial score (nSPS) is 9.40. The van der Waals surface area contributed by atoms with Crippen LogP contribution in [0.5, 0.6) is 0 Å². The molecule has 1 rings (SSSR count). The molecular weight excluding hydrogens is 145 g/mol. The van der Waals surface area contributed by atoms with Crippen LogP contribution in [0, 0.1) is 0 Å². The molecule has 0 unspecified atom stereocenters. The van der Waals surface area contributed by atoms with Crippen molar-refractivity contribution in [2.45, 2.75) is 13.7 Å². The Bertz CT molecular complexity index is 246. The number of carbonyl (C=O) groups excluding carboxylic acids is 1. The number of Topliss-reactive ketones (excluding diaryl/α,β-unsaturated/α-hetero) is 1. The molecule has 0 aliphatic rings. The summed E-state index contributed by atoms with van der Waals surface area (Å²) < 4.78 is 1.05. The molecule has 1 aromatic rings. The predicted molar refractivity (Wildman–Crippen MR) is 43.4 cm³/mol. The third-order valence-corrected chi connectivity index (χ3v) is 2.27. The summed E-state index contributed by atoms with van der Waals surface area (Å²) in [4.78, 5) is 14.6. The van der Waals surface area contributed by atoms with E-state index in [0.717, 1.165) is 4.78 Å². The van der Waals surface area contributed by atoms with E-state index in [1.165, 1.54) is 18.3 Å². The summed E-state index contributed by atoms with van der Waals surface area (Å²) in [6.45, 7) is 3.45. The summed E-state index contributed by atoms with van der Waals surface area (Å²) in [5, 5.41) is 0.591. The molecule has 4 heteroatoms. The van der Waals surface area contributed by atoms with Crippen molar-refractivity contribution in [3.8, 4) is 0 Å². The maximum absolute atomic E-state index is 10.7. The SMILES string of the molecule is C[B]c1cnc(C(C)=O)s1. The Labute approximate surface area is 64.5 Å². The fraction of sp³-hybridized carbons (Fsp3) is 0.333. The number of hydrogen-bond acceptors (Lipinski definition) is 3. The molecule has 0 saturated heterocycles. The highest BCUT2D eigenvalue weighted by Gasteiger charge is 2.03. The minimum atomic E-state index is 0.0399. The summed E-state index contributed by atoms with van der Waals surface area (Å²) in [5.41, 5.74) is 0. The molecule has 0 atom stereocenters. The number of hydrogen-bond donors (Lipinski definition) is 0. The van der Waals surface area contributed by atoms with Crippen LogP contribution in [0.2, 0.25) is 6.82 Å². The molecule has 1 radical (unpaired) electrons. The second-order valence-electron chi connectivity index (χ2n) is 1.91. The lowest BCUT2D eigenvalue weighted by atomic mass is 9.81. The highest BCUT2D eigenvalue weighted by molar-refractivity contribution is 7.22. The first-order valence-electron chi connectivity index (χ1n) is 3.00. The summed E-state index contributed by atoms with van der Waals surface area (Å²) in [6, 6.07) is 0. The molecular formula is C6H7BNOS. The lowest BCUT2D eigenvalue weighted by Crippen LogP contribution is -2.02. The maximum atomic E-state index is 10.7. The van der Waals surface area contributed by atoms with Crippen LogP contribution in [0.1, 0.15) is 16.7 Å². The predicted octanol–water partition coefficient (Wildman–Crippen LogP) is 0.723. The molecule has 0 N–H and O–H groups in total. The van der Waals surface area contributed by atoms with E-state index >= 15 is 0 Å². The first-order chi connectivity index (χ1) is 4.74. The number of thiazole rings is 1. The summed E-state index contributed by atoms with van der Waals surface area (Å²) in [7, 11) is 1.93. The second kappa shape index (κ2) is 2.97. The van der Waals surface area contributed by atoms with Crippen LogP contribution in [0.4, 0.5) is 0 Å². The van der Waals surface area contributed by atoms with Crippen LogP contribution < -0.4 is 4.78 Å². The minimum Gasteiger partial charge on any atom is -0.292 e. The first kappa shape index (κ1) is 7.47. The van der Waals surface area contributed by atoms with Gasteiger partial charge in [0.2, 0.25) is 0 Å². The molecule has 2 nitrogen and oxygen atoms in total. The molecule has 0 saturated carbocycles. The highest BCUT2D eigenvalue weighted by Crippen LogP contribution is 2.01. The Kier molecular flexibility index (Phi) is 2.22. The Morgan fingerprint density at radius 3 is 2.80 bits per heavy atom. The summed E-state index contributed by atoms with van der Waals surface area (Å²) in [6.07, 6.45) is 1.71. The van der Waals surface area contributed by atoms with E-state index in [1.807, 2.05) is 14.1 Å². The standard InChI is InChI=1S/C6H7BNOS/c1-4(9)6-8-3-5(7-2)10-6/h3H,1-2H3. The van der Waals surface area contributed by atoms with Crippen LogP contribution in [-0.4, -0.2) is 18.0 Å². The van der Waals surface area contributed by atoms with Gasteiger partial charge in [-0.15, -0.1) is 11.3 Å². The third-order valence-electron chi connectivity index (χ3n) is 1.11. The van der Waals surface area contributed by atoms with Crippen molar-refractivity contribution in [1.29, 1.82) is 0 Å². The van der Waals surface area contributed by atoms with Crippen molar-refractivity contribution in [1.82, 2.24) is 4.98 Å². The quantitative estimate of drug-likeness (QED) is 0.461. The van der Waals surface area contributed by atoms with E-state index < -0.39 is 0 Å². The maximum Gasteiger partial charge on any atom is 0.188 e. The van der Waals surface area contributed by atoms with Crippen molar-refractivity contribution in [2.24, 2.45) is 0 Å². The largest absolute Gasteiger partial charge is 0.292 e. The van der Waals surface area contributed by atoms with E-state index in [0.29, 0.717) is 5.01 Å². The summed E-state index contributed by atoms with van der Waals surface area (Å²) >= 11 is 1.42. The molecule has 1 heterocycles. The van der Waals surface area contributed by atoms with Crippen molar-refractivity contribution < 1.29 is 4.79 Å². The second-order valence-corrected chi connectivity index (χ2v) is 2.97. The van der Waals surface area contributed by atoms with Crippen molar-refractivity contribution in [3.05, 3.63) is 11.2 Å². The fourth-order valence-electron chi connectivity index (χ4n) is 0.583.